The van der Waals surface area contributed by atoms with Crippen LogP contribution in [0.1, 0.15) is 17.8 Å². The van der Waals surface area contributed by atoms with Gasteiger partial charge >= 0.3 is 0 Å². The number of benzene rings is 2. The summed E-state index contributed by atoms with van der Waals surface area (Å²) in [7, 11) is 1.66. The Bertz CT molecular complexity index is 1220. The van der Waals surface area contributed by atoms with E-state index in [1.54, 1.807) is 36.1 Å². The molecule has 0 spiro atoms. The molecule has 0 saturated heterocycles. The van der Waals surface area contributed by atoms with Crippen molar-refractivity contribution in [2.75, 3.05) is 13.7 Å². The zero-order valence-electron chi connectivity index (χ0n) is 17.2. The third kappa shape index (κ3) is 5.18. The highest BCUT2D eigenvalue weighted by atomic mass is 35.5. The number of aromatic nitrogens is 4. The van der Waals surface area contributed by atoms with Gasteiger partial charge in [-0.15, -0.1) is 0 Å². The number of imidazole rings is 1. The molecule has 160 valence electrons. The van der Waals surface area contributed by atoms with Crippen molar-refractivity contribution >= 4 is 34.3 Å². The molecule has 0 aliphatic heterocycles. The number of hydrogen-bond donors (Lipinski definition) is 0. The normalized spacial score (nSPS) is 11.3. The van der Waals surface area contributed by atoms with Gasteiger partial charge in [-0.2, -0.15) is 0 Å². The van der Waals surface area contributed by atoms with Crippen LogP contribution in [0.2, 0.25) is 5.02 Å². The molecule has 2 aromatic heterocycles. The first-order valence-corrected chi connectivity index (χ1v) is 11.4. The highest BCUT2D eigenvalue weighted by Gasteiger charge is 2.14. The first-order chi connectivity index (χ1) is 15.2. The van der Waals surface area contributed by atoms with E-state index in [4.69, 9.17) is 21.3 Å². The van der Waals surface area contributed by atoms with Gasteiger partial charge in [-0.05, 0) is 30.2 Å². The van der Waals surface area contributed by atoms with Gasteiger partial charge in [0.15, 0.2) is 5.16 Å². The Balaban J connectivity index is 1.61. The molecule has 0 saturated carbocycles. The highest BCUT2D eigenvalue weighted by molar-refractivity contribution is 7.98. The summed E-state index contributed by atoms with van der Waals surface area (Å²) >= 11 is 7.64. The number of hydrogen-bond acceptors (Lipinski definition) is 5. The molecule has 0 radical (unpaired) electrons. The van der Waals surface area contributed by atoms with Crippen molar-refractivity contribution in [2.24, 2.45) is 0 Å². The monoisotopic (exact) mass is 454 g/mol. The van der Waals surface area contributed by atoms with Gasteiger partial charge in [0, 0.05) is 44.2 Å². The third-order valence-corrected chi connectivity index (χ3v) is 6.15. The van der Waals surface area contributed by atoms with Gasteiger partial charge in [-0.25, -0.2) is 9.97 Å². The number of ether oxygens (including phenoxy) is 1. The van der Waals surface area contributed by atoms with E-state index in [0.29, 0.717) is 40.0 Å². The fourth-order valence-corrected chi connectivity index (χ4v) is 4.54. The van der Waals surface area contributed by atoms with Gasteiger partial charge in [0.25, 0.3) is 5.56 Å². The van der Waals surface area contributed by atoms with Gasteiger partial charge < -0.3 is 9.30 Å². The van der Waals surface area contributed by atoms with Crippen LogP contribution < -0.4 is 5.56 Å². The van der Waals surface area contributed by atoms with E-state index in [1.165, 1.54) is 17.3 Å². The molecule has 0 aliphatic carbocycles. The van der Waals surface area contributed by atoms with Gasteiger partial charge in [0.1, 0.15) is 5.82 Å². The Morgan fingerprint density at radius 3 is 2.81 bits per heavy atom. The smallest absolute Gasteiger partial charge is 0.262 e. The third-order valence-electron chi connectivity index (χ3n) is 4.94. The fraction of sp³-hybridized carbons (Fsp3) is 0.261. The average Bonchev–Trinajstić information content (AvgIpc) is 3.21. The molecule has 0 amide bonds. The van der Waals surface area contributed by atoms with Crippen LogP contribution in [0, 0.1) is 0 Å². The molecule has 2 aromatic carbocycles. The number of halogens is 1. The van der Waals surface area contributed by atoms with Crippen LogP contribution in [0.5, 0.6) is 0 Å². The number of thioether (sulfide) groups is 1. The number of nitrogens with zero attached hydrogens (tertiary/aromatic N) is 4. The molecule has 8 heteroatoms. The lowest BCUT2D eigenvalue weighted by Gasteiger charge is -2.14. The molecule has 0 unspecified atom stereocenters. The fourth-order valence-electron chi connectivity index (χ4n) is 3.38. The standard InChI is InChI=1S/C23H23ClN4O2S/c1-30-13-5-11-28-22(29)19-9-8-18(24)14-20(19)26-23(28)31-16-21-25-10-12-27(21)15-17-6-3-2-4-7-17/h2-4,6-10,12,14H,5,11,13,15-16H2,1H3. The van der Waals surface area contributed by atoms with E-state index in [2.05, 4.69) is 21.7 Å². The zero-order valence-corrected chi connectivity index (χ0v) is 18.8. The van der Waals surface area contributed by atoms with Crippen LogP contribution >= 0.6 is 23.4 Å². The minimum Gasteiger partial charge on any atom is -0.385 e. The summed E-state index contributed by atoms with van der Waals surface area (Å²) in [5.41, 5.74) is 1.75. The maximum atomic E-state index is 13.1. The summed E-state index contributed by atoms with van der Waals surface area (Å²) in [6.45, 7) is 1.87. The van der Waals surface area contributed by atoms with Crippen molar-refractivity contribution in [1.29, 1.82) is 0 Å². The van der Waals surface area contributed by atoms with Gasteiger partial charge in [-0.1, -0.05) is 53.7 Å². The van der Waals surface area contributed by atoms with E-state index in [0.717, 1.165) is 18.8 Å². The second-order valence-corrected chi connectivity index (χ2v) is 8.48. The molecular weight excluding hydrogens is 432 g/mol. The van der Waals surface area contributed by atoms with E-state index in [-0.39, 0.29) is 5.56 Å². The Kier molecular flexibility index (Phi) is 7.06. The first-order valence-electron chi connectivity index (χ1n) is 10.0. The van der Waals surface area contributed by atoms with Crippen LogP contribution in [0.15, 0.2) is 70.9 Å². The van der Waals surface area contributed by atoms with Crippen LogP contribution in [0.4, 0.5) is 0 Å². The average molecular weight is 455 g/mol. The lowest BCUT2D eigenvalue weighted by Crippen LogP contribution is -2.24. The molecule has 31 heavy (non-hydrogen) atoms. The second-order valence-electron chi connectivity index (χ2n) is 7.10. The van der Waals surface area contributed by atoms with Crippen molar-refractivity contribution < 1.29 is 4.74 Å². The van der Waals surface area contributed by atoms with Crippen molar-refractivity contribution in [3.63, 3.8) is 0 Å². The summed E-state index contributed by atoms with van der Waals surface area (Å²) in [6, 6.07) is 15.5. The Labute approximate surface area is 189 Å². The largest absolute Gasteiger partial charge is 0.385 e. The first kappa shape index (κ1) is 21.6. The predicted octanol–water partition coefficient (Wildman–Crippen LogP) is 4.62. The summed E-state index contributed by atoms with van der Waals surface area (Å²) in [6.07, 6.45) is 4.51. The lowest BCUT2D eigenvalue weighted by molar-refractivity contribution is 0.189. The lowest BCUT2D eigenvalue weighted by atomic mass is 10.2. The van der Waals surface area contributed by atoms with E-state index >= 15 is 0 Å². The van der Waals surface area contributed by atoms with Gasteiger partial charge in [-0.3, -0.25) is 9.36 Å². The van der Waals surface area contributed by atoms with Crippen molar-refractivity contribution in [3.8, 4) is 0 Å². The van der Waals surface area contributed by atoms with E-state index in [1.807, 2.05) is 24.4 Å². The second kappa shape index (κ2) is 10.1. The Morgan fingerprint density at radius 2 is 2.00 bits per heavy atom. The topological polar surface area (TPSA) is 61.9 Å². The quantitative estimate of drug-likeness (QED) is 0.210. The summed E-state index contributed by atoms with van der Waals surface area (Å²) in [5.74, 6) is 1.53. The molecule has 2 heterocycles. The molecule has 4 aromatic rings. The molecular formula is C23H23ClN4O2S. The van der Waals surface area contributed by atoms with Gasteiger partial charge in [0.2, 0.25) is 0 Å². The van der Waals surface area contributed by atoms with Crippen molar-refractivity contribution in [1.82, 2.24) is 19.1 Å². The minimum atomic E-state index is -0.0621. The molecule has 0 N–H and O–H groups in total. The molecule has 0 atom stereocenters. The molecule has 0 bridgehead atoms. The molecule has 0 aliphatic rings. The maximum Gasteiger partial charge on any atom is 0.262 e. The number of rotatable bonds is 9. The van der Waals surface area contributed by atoms with Crippen LogP contribution in [0.25, 0.3) is 10.9 Å². The summed E-state index contributed by atoms with van der Waals surface area (Å²) < 4.78 is 9.01. The van der Waals surface area contributed by atoms with Crippen molar-refractivity contribution in [3.05, 3.63) is 87.7 Å². The minimum absolute atomic E-state index is 0.0621. The predicted molar refractivity (Wildman–Crippen MR) is 125 cm³/mol. The van der Waals surface area contributed by atoms with E-state index in [9.17, 15) is 4.79 Å². The number of fused-ring (bicyclic) bond motifs is 1. The Morgan fingerprint density at radius 1 is 1.16 bits per heavy atom. The maximum absolute atomic E-state index is 13.1. The van der Waals surface area contributed by atoms with Crippen LogP contribution in [0.3, 0.4) is 0 Å². The molecule has 0 fully saturated rings. The van der Waals surface area contributed by atoms with E-state index < -0.39 is 0 Å². The summed E-state index contributed by atoms with van der Waals surface area (Å²) in [5, 5.41) is 1.78. The SMILES string of the molecule is COCCCn1c(SCc2nccn2Cc2ccccc2)nc2cc(Cl)ccc2c1=O. The summed E-state index contributed by atoms with van der Waals surface area (Å²) in [4.78, 5) is 22.4. The zero-order chi connectivity index (χ0) is 21.6. The van der Waals surface area contributed by atoms with Gasteiger partial charge in [0.05, 0.1) is 16.7 Å². The van der Waals surface area contributed by atoms with Crippen LogP contribution in [-0.2, 0) is 23.6 Å². The highest BCUT2D eigenvalue weighted by Crippen LogP contribution is 2.23. The number of methoxy groups -OCH3 is 1. The molecule has 6 nitrogen and oxygen atoms in total. The van der Waals surface area contributed by atoms with Crippen molar-refractivity contribution in [2.45, 2.75) is 30.4 Å². The Hall–Kier alpha value is -2.61. The molecule has 4 rings (SSSR count). The van der Waals surface area contributed by atoms with Crippen LogP contribution in [-0.4, -0.2) is 32.8 Å².